The molecule has 264 valence electrons. The maximum absolute atomic E-state index is 2.59. The highest BCUT2D eigenvalue weighted by Crippen LogP contribution is 2.40. The fourth-order valence-electron chi connectivity index (χ4n) is 9.55. The minimum atomic E-state index is -2.59. The van der Waals surface area contributed by atoms with Crippen LogP contribution in [0.3, 0.4) is 0 Å². The molecule has 0 saturated heterocycles. The van der Waals surface area contributed by atoms with Crippen molar-refractivity contribution in [1.82, 2.24) is 9.13 Å². The van der Waals surface area contributed by atoms with Crippen molar-refractivity contribution in [1.29, 1.82) is 0 Å². The summed E-state index contributed by atoms with van der Waals surface area (Å²) in [5.74, 6) is 0. The van der Waals surface area contributed by atoms with E-state index in [9.17, 15) is 0 Å². The molecule has 0 bridgehead atoms. The minimum absolute atomic E-state index is 0.0216. The molecule has 0 spiro atoms. The predicted octanol–water partition coefficient (Wildman–Crippen LogP) is 11.8. The summed E-state index contributed by atoms with van der Waals surface area (Å²) in [4.78, 5) is 0. The quantitative estimate of drug-likeness (QED) is 0.119. The van der Waals surface area contributed by atoms with Crippen LogP contribution in [0.15, 0.2) is 200 Å². The summed E-state index contributed by atoms with van der Waals surface area (Å²) in [5, 5.41) is 9.29. The number of nitrogens with zero attached hydrogens (tertiary/aromatic N) is 2. The van der Waals surface area contributed by atoms with Gasteiger partial charge in [-0.2, -0.15) is 0 Å². The Morgan fingerprint density at radius 3 is 1.45 bits per heavy atom. The van der Waals surface area contributed by atoms with Crippen LogP contribution in [0.5, 0.6) is 0 Å². The molecule has 0 N–H and O–H groups in total. The average Bonchev–Trinajstić information content (AvgIpc) is 3.74. The summed E-state index contributed by atoms with van der Waals surface area (Å²) in [6.45, 7) is 7.33. The first-order chi connectivity index (χ1) is 26.9. The lowest BCUT2D eigenvalue weighted by atomic mass is 10.0. The second kappa shape index (κ2) is 12.9. The van der Waals surface area contributed by atoms with Crippen LogP contribution in [-0.4, -0.2) is 17.2 Å². The average molecular weight is 723 g/mol. The van der Waals surface area contributed by atoms with Crippen molar-refractivity contribution in [2.24, 2.45) is 0 Å². The fourth-order valence-corrected chi connectivity index (χ4v) is 15.2. The van der Waals surface area contributed by atoms with E-state index in [1.165, 1.54) is 76.0 Å². The molecule has 55 heavy (non-hydrogen) atoms. The molecule has 2 heterocycles. The molecule has 0 aliphatic carbocycles. The Morgan fingerprint density at radius 2 is 0.836 bits per heavy atom. The van der Waals surface area contributed by atoms with Crippen LogP contribution in [0.25, 0.3) is 66.1 Å². The van der Waals surface area contributed by atoms with Crippen LogP contribution < -0.4 is 15.6 Å². The third-order valence-electron chi connectivity index (χ3n) is 11.8. The van der Waals surface area contributed by atoms with Crippen LogP contribution >= 0.6 is 0 Å². The first-order valence-corrected chi connectivity index (χ1v) is 21.3. The van der Waals surface area contributed by atoms with Gasteiger partial charge in [0, 0.05) is 32.8 Å². The van der Waals surface area contributed by atoms with Crippen molar-refractivity contribution in [2.45, 2.75) is 25.8 Å². The minimum Gasteiger partial charge on any atom is -0.309 e. The number of fused-ring (bicyclic) bond motifs is 6. The number of benzene rings is 8. The van der Waals surface area contributed by atoms with Gasteiger partial charge >= 0.3 is 0 Å². The highest BCUT2D eigenvalue weighted by molar-refractivity contribution is 7.13. The number of rotatable bonds is 6. The molecule has 0 fully saturated rings. The lowest BCUT2D eigenvalue weighted by molar-refractivity contribution is 0.739. The fraction of sp³-hybridized carbons (Fsp3) is 0.0769. The zero-order valence-electron chi connectivity index (χ0n) is 31.4. The van der Waals surface area contributed by atoms with E-state index in [0.717, 1.165) is 5.69 Å². The first kappa shape index (κ1) is 33.2. The number of para-hydroxylation sites is 3. The lowest BCUT2D eigenvalue weighted by Gasteiger charge is -2.44. The van der Waals surface area contributed by atoms with Gasteiger partial charge in [0.05, 0.1) is 27.8 Å². The van der Waals surface area contributed by atoms with E-state index in [0.29, 0.717) is 0 Å². The number of aromatic nitrogens is 2. The summed E-state index contributed by atoms with van der Waals surface area (Å²) in [6, 6.07) is 74.3. The highest BCUT2D eigenvalue weighted by atomic mass is 28.3. The predicted molar refractivity (Wildman–Crippen MR) is 238 cm³/mol. The third kappa shape index (κ3) is 5.07. The molecular weight excluding hydrogens is 681 g/mol. The molecule has 0 atom stereocenters. The van der Waals surface area contributed by atoms with Gasteiger partial charge in [0.2, 0.25) is 0 Å². The van der Waals surface area contributed by atoms with Gasteiger partial charge in [0.25, 0.3) is 0 Å². The van der Waals surface area contributed by atoms with Crippen molar-refractivity contribution in [3.63, 3.8) is 0 Å². The molecule has 3 heteroatoms. The summed E-state index contributed by atoms with van der Waals surface area (Å²) < 4.78 is 4.98. The standard InChI is InChI=1S/C52H42N2Si/c1-52(2,3)55(39-21-9-5-10-22-39,40-23-11-6-12-24-40)41-32-34-46-43-26-14-17-29-48(43)53(51(46)36-41)38-31-33-45-44-27-15-18-30-49(44)54(50(45)35-38)47-28-16-13-25-42(47)37-19-7-4-8-20-37/h4-36H,1-3H3. The van der Waals surface area contributed by atoms with Gasteiger partial charge in [-0.3, -0.25) is 0 Å². The molecule has 0 aliphatic rings. The Morgan fingerprint density at radius 1 is 0.364 bits per heavy atom. The van der Waals surface area contributed by atoms with Gasteiger partial charge in [0.15, 0.2) is 8.07 Å². The van der Waals surface area contributed by atoms with Crippen molar-refractivity contribution >= 4 is 67.2 Å². The van der Waals surface area contributed by atoms with E-state index in [-0.39, 0.29) is 5.04 Å². The van der Waals surface area contributed by atoms with Crippen molar-refractivity contribution in [3.05, 3.63) is 200 Å². The summed E-state index contributed by atoms with van der Waals surface area (Å²) in [7, 11) is -2.59. The van der Waals surface area contributed by atoms with Crippen LogP contribution in [0.1, 0.15) is 20.8 Å². The topological polar surface area (TPSA) is 9.86 Å². The van der Waals surface area contributed by atoms with Crippen molar-refractivity contribution in [3.8, 4) is 22.5 Å². The van der Waals surface area contributed by atoms with Crippen LogP contribution in [0, 0.1) is 0 Å². The van der Waals surface area contributed by atoms with E-state index in [1.54, 1.807) is 0 Å². The largest absolute Gasteiger partial charge is 0.309 e. The Kier molecular flexibility index (Phi) is 7.76. The molecule has 0 aliphatic heterocycles. The molecular formula is C52H42N2Si. The van der Waals surface area contributed by atoms with Gasteiger partial charge in [-0.25, -0.2) is 0 Å². The Labute approximate surface area is 323 Å². The molecule has 0 amide bonds. The molecule has 0 saturated carbocycles. The molecule has 10 rings (SSSR count). The summed E-state index contributed by atoms with van der Waals surface area (Å²) in [5.41, 5.74) is 9.58. The SMILES string of the molecule is CC(C)(C)[Si](c1ccccc1)(c1ccccc1)c1ccc2c3ccccc3n(-c3ccc4c5ccccc5n(-c5ccccc5-c5ccccc5)c4c3)c2c1. The van der Waals surface area contributed by atoms with Gasteiger partial charge in [-0.05, 0) is 62.6 Å². The van der Waals surface area contributed by atoms with Crippen molar-refractivity contribution in [2.75, 3.05) is 0 Å². The zero-order chi connectivity index (χ0) is 37.1. The van der Waals surface area contributed by atoms with E-state index >= 15 is 0 Å². The van der Waals surface area contributed by atoms with E-state index in [4.69, 9.17) is 0 Å². The molecule has 0 radical (unpaired) electrons. The van der Waals surface area contributed by atoms with Crippen molar-refractivity contribution < 1.29 is 0 Å². The summed E-state index contributed by atoms with van der Waals surface area (Å²) in [6.07, 6.45) is 0. The van der Waals surface area contributed by atoms with E-state index in [2.05, 4.69) is 230 Å². The maximum atomic E-state index is 2.54. The van der Waals surface area contributed by atoms with Gasteiger partial charge < -0.3 is 9.13 Å². The maximum Gasteiger partial charge on any atom is 0.153 e. The molecule has 0 unspecified atom stereocenters. The van der Waals surface area contributed by atoms with Gasteiger partial charge in [-0.15, -0.1) is 0 Å². The molecule has 8 aromatic carbocycles. The normalized spacial score (nSPS) is 12.3. The van der Waals surface area contributed by atoms with Crippen LogP contribution in [0.4, 0.5) is 0 Å². The highest BCUT2D eigenvalue weighted by Gasteiger charge is 2.49. The Bertz CT molecular complexity index is 2960. The number of hydrogen-bond donors (Lipinski definition) is 0. The smallest absolute Gasteiger partial charge is 0.153 e. The third-order valence-corrected chi connectivity index (χ3v) is 17.6. The second-order valence-corrected chi connectivity index (χ2v) is 20.5. The van der Waals surface area contributed by atoms with Gasteiger partial charge in [-0.1, -0.05) is 185 Å². The van der Waals surface area contributed by atoms with E-state index < -0.39 is 8.07 Å². The monoisotopic (exact) mass is 722 g/mol. The molecule has 2 nitrogen and oxygen atoms in total. The zero-order valence-corrected chi connectivity index (χ0v) is 32.4. The van der Waals surface area contributed by atoms with Crippen LogP contribution in [0.2, 0.25) is 5.04 Å². The Balaban J connectivity index is 1.28. The molecule has 2 aromatic heterocycles. The van der Waals surface area contributed by atoms with E-state index in [1.807, 2.05) is 0 Å². The van der Waals surface area contributed by atoms with Crippen LogP contribution in [-0.2, 0) is 0 Å². The summed E-state index contributed by atoms with van der Waals surface area (Å²) >= 11 is 0. The molecule has 10 aromatic rings. The first-order valence-electron chi connectivity index (χ1n) is 19.3. The lowest BCUT2D eigenvalue weighted by Crippen LogP contribution is -2.72. The van der Waals surface area contributed by atoms with Gasteiger partial charge in [0.1, 0.15) is 0 Å². The number of hydrogen-bond acceptors (Lipinski definition) is 0. The Hall–Kier alpha value is -6.42. The second-order valence-electron chi connectivity index (χ2n) is 15.8.